The van der Waals surface area contributed by atoms with Crippen LogP contribution in [0.2, 0.25) is 0 Å². The number of nitrogens with zero attached hydrogens (tertiary/aromatic N) is 1. The SMILES string of the molecule is CC(NS(=O)(=O)c1ccc(C(=O)O)cc1F)c1ncc[nH]1. The molecule has 0 bridgehead atoms. The van der Waals surface area contributed by atoms with Crippen LogP contribution in [0, 0.1) is 5.82 Å². The van der Waals surface area contributed by atoms with E-state index < -0.39 is 32.7 Å². The summed E-state index contributed by atoms with van der Waals surface area (Å²) in [7, 11) is -4.14. The third-order valence-corrected chi connectivity index (χ3v) is 4.30. The Hall–Kier alpha value is -2.26. The highest BCUT2D eigenvalue weighted by Crippen LogP contribution is 2.18. The Bertz CT molecular complexity index is 759. The second-order valence-corrected chi connectivity index (χ2v) is 5.95. The van der Waals surface area contributed by atoms with Crippen molar-refractivity contribution < 1.29 is 22.7 Å². The Morgan fingerprint density at radius 1 is 1.48 bits per heavy atom. The zero-order valence-corrected chi connectivity index (χ0v) is 11.7. The largest absolute Gasteiger partial charge is 0.478 e. The molecule has 0 aliphatic rings. The molecule has 0 saturated carbocycles. The number of carboxylic acid groups (broad SMARTS) is 1. The third-order valence-electron chi connectivity index (χ3n) is 2.73. The molecule has 1 atom stereocenters. The van der Waals surface area contributed by atoms with Crippen molar-refractivity contribution in [3.8, 4) is 0 Å². The summed E-state index contributed by atoms with van der Waals surface area (Å²) < 4.78 is 40.2. The predicted octanol–water partition coefficient (Wildman–Crippen LogP) is 1.29. The molecular weight excluding hydrogens is 301 g/mol. The minimum absolute atomic E-state index is 0.328. The summed E-state index contributed by atoms with van der Waals surface area (Å²) in [6.45, 7) is 1.54. The van der Waals surface area contributed by atoms with Crippen molar-refractivity contribution in [2.45, 2.75) is 17.9 Å². The molecule has 0 radical (unpaired) electrons. The average Bonchev–Trinajstić information content (AvgIpc) is 2.91. The van der Waals surface area contributed by atoms with Crippen LogP contribution in [-0.4, -0.2) is 29.5 Å². The smallest absolute Gasteiger partial charge is 0.335 e. The number of rotatable bonds is 5. The molecule has 2 aromatic rings. The number of aromatic amines is 1. The first-order valence-corrected chi connectivity index (χ1v) is 7.34. The van der Waals surface area contributed by atoms with Gasteiger partial charge in [0.25, 0.3) is 0 Å². The third kappa shape index (κ3) is 3.26. The van der Waals surface area contributed by atoms with E-state index in [1.165, 1.54) is 12.4 Å². The van der Waals surface area contributed by atoms with Crippen molar-refractivity contribution in [1.82, 2.24) is 14.7 Å². The first-order chi connectivity index (χ1) is 9.81. The van der Waals surface area contributed by atoms with Crippen LogP contribution in [-0.2, 0) is 10.0 Å². The molecule has 1 aromatic heterocycles. The quantitative estimate of drug-likeness (QED) is 0.770. The molecule has 7 nitrogen and oxygen atoms in total. The minimum Gasteiger partial charge on any atom is -0.478 e. The molecule has 0 spiro atoms. The van der Waals surface area contributed by atoms with E-state index in [4.69, 9.17) is 5.11 Å². The number of sulfonamides is 1. The van der Waals surface area contributed by atoms with Crippen molar-refractivity contribution in [3.05, 3.63) is 47.8 Å². The van der Waals surface area contributed by atoms with Crippen LogP contribution in [0.5, 0.6) is 0 Å². The molecule has 0 amide bonds. The molecule has 0 fully saturated rings. The maximum absolute atomic E-state index is 13.8. The van der Waals surface area contributed by atoms with Crippen molar-refractivity contribution in [1.29, 1.82) is 0 Å². The zero-order chi connectivity index (χ0) is 15.6. The molecule has 21 heavy (non-hydrogen) atoms. The first kappa shape index (κ1) is 15.1. The maximum atomic E-state index is 13.8. The lowest BCUT2D eigenvalue weighted by Gasteiger charge is -2.12. The van der Waals surface area contributed by atoms with Gasteiger partial charge >= 0.3 is 5.97 Å². The first-order valence-electron chi connectivity index (χ1n) is 5.85. The Morgan fingerprint density at radius 3 is 2.71 bits per heavy atom. The summed E-state index contributed by atoms with van der Waals surface area (Å²) in [5, 5.41) is 8.73. The highest BCUT2D eigenvalue weighted by atomic mass is 32.2. The van der Waals surface area contributed by atoms with Gasteiger partial charge in [-0.25, -0.2) is 27.3 Å². The monoisotopic (exact) mass is 313 g/mol. The molecule has 1 aromatic carbocycles. The summed E-state index contributed by atoms with van der Waals surface area (Å²) in [6.07, 6.45) is 2.99. The van der Waals surface area contributed by atoms with Crippen LogP contribution in [0.4, 0.5) is 4.39 Å². The number of benzene rings is 1. The topological polar surface area (TPSA) is 112 Å². The Kier molecular flexibility index (Phi) is 4.05. The molecule has 0 aliphatic heterocycles. The van der Waals surface area contributed by atoms with Crippen LogP contribution >= 0.6 is 0 Å². The number of imidazole rings is 1. The van der Waals surface area contributed by atoms with E-state index in [0.29, 0.717) is 11.9 Å². The minimum atomic E-state index is -4.14. The average molecular weight is 313 g/mol. The fourth-order valence-corrected chi connectivity index (χ4v) is 2.99. The van der Waals surface area contributed by atoms with Gasteiger partial charge in [-0.1, -0.05) is 0 Å². The number of H-pyrrole nitrogens is 1. The summed E-state index contributed by atoms with van der Waals surface area (Å²) in [5.41, 5.74) is -0.328. The normalized spacial score (nSPS) is 13.0. The second kappa shape index (κ2) is 5.62. The van der Waals surface area contributed by atoms with Gasteiger partial charge in [-0.2, -0.15) is 0 Å². The lowest BCUT2D eigenvalue weighted by molar-refractivity contribution is 0.0696. The van der Waals surface area contributed by atoms with Gasteiger partial charge in [-0.3, -0.25) is 0 Å². The van der Waals surface area contributed by atoms with Gasteiger partial charge in [-0.15, -0.1) is 0 Å². The second-order valence-electron chi connectivity index (χ2n) is 4.27. The van der Waals surface area contributed by atoms with Gasteiger partial charge in [0.1, 0.15) is 16.5 Å². The summed E-state index contributed by atoms with van der Waals surface area (Å²) in [5.74, 6) is -2.09. The van der Waals surface area contributed by atoms with Crippen LogP contribution < -0.4 is 4.72 Å². The highest BCUT2D eigenvalue weighted by Gasteiger charge is 2.23. The lowest BCUT2D eigenvalue weighted by atomic mass is 10.2. The Labute approximate surface area is 119 Å². The summed E-state index contributed by atoms with van der Waals surface area (Å²) in [4.78, 5) is 16.7. The fourth-order valence-electron chi connectivity index (χ4n) is 1.72. The van der Waals surface area contributed by atoms with E-state index in [9.17, 15) is 17.6 Å². The summed E-state index contributed by atoms with van der Waals surface area (Å²) >= 11 is 0. The Morgan fingerprint density at radius 2 is 2.19 bits per heavy atom. The lowest BCUT2D eigenvalue weighted by Crippen LogP contribution is -2.28. The van der Waals surface area contributed by atoms with Crippen molar-refractivity contribution >= 4 is 16.0 Å². The number of carbonyl (C=O) groups is 1. The van der Waals surface area contributed by atoms with E-state index in [0.717, 1.165) is 12.1 Å². The zero-order valence-electron chi connectivity index (χ0n) is 10.9. The molecule has 112 valence electrons. The number of aromatic carboxylic acids is 1. The molecule has 2 rings (SSSR count). The van der Waals surface area contributed by atoms with E-state index in [2.05, 4.69) is 14.7 Å². The van der Waals surface area contributed by atoms with E-state index >= 15 is 0 Å². The highest BCUT2D eigenvalue weighted by molar-refractivity contribution is 7.89. The summed E-state index contributed by atoms with van der Waals surface area (Å²) in [6, 6.07) is 1.91. The van der Waals surface area contributed by atoms with Crippen molar-refractivity contribution in [2.75, 3.05) is 0 Å². The molecule has 9 heteroatoms. The molecule has 3 N–H and O–H groups in total. The van der Waals surface area contributed by atoms with Crippen molar-refractivity contribution in [2.24, 2.45) is 0 Å². The van der Waals surface area contributed by atoms with Gasteiger partial charge in [0.15, 0.2) is 0 Å². The van der Waals surface area contributed by atoms with Crippen LogP contribution in [0.15, 0.2) is 35.5 Å². The molecule has 0 saturated heterocycles. The number of nitrogens with one attached hydrogen (secondary N) is 2. The van der Waals surface area contributed by atoms with Gasteiger partial charge in [0.05, 0.1) is 11.6 Å². The van der Waals surface area contributed by atoms with Gasteiger partial charge in [0.2, 0.25) is 10.0 Å². The molecule has 1 unspecified atom stereocenters. The number of hydrogen-bond acceptors (Lipinski definition) is 4. The van der Waals surface area contributed by atoms with Gasteiger partial charge < -0.3 is 10.1 Å². The van der Waals surface area contributed by atoms with Gasteiger partial charge in [-0.05, 0) is 25.1 Å². The fraction of sp³-hybridized carbons (Fsp3) is 0.167. The van der Waals surface area contributed by atoms with Crippen molar-refractivity contribution in [3.63, 3.8) is 0 Å². The van der Waals surface area contributed by atoms with Crippen LogP contribution in [0.1, 0.15) is 29.1 Å². The molecular formula is C12H12FN3O4S. The van der Waals surface area contributed by atoms with E-state index in [-0.39, 0.29) is 5.56 Å². The van der Waals surface area contributed by atoms with Crippen LogP contribution in [0.25, 0.3) is 0 Å². The van der Waals surface area contributed by atoms with E-state index in [1.807, 2.05) is 0 Å². The number of hydrogen-bond donors (Lipinski definition) is 3. The maximum Gasteiger partial charge on any atom is 0.335 e. The van der Waals surface area contributed by atoms with E-state index in [1.54, 1.807) is 6.92 Å². The Balaban J connectivity index is 2.29. The predicted molar refractivity (Wildman–Crippen MR) is 70.7 cm³/mol. The number of aromatic nitrogens is 2. The number of halogens is 1. The van der Waals surface area contributed by atoms with Gasteiger partial charge in [0, 0.05) is 12.4 Å². The molecule has 1 heterocycles. The number of carboxylic acids is 1. The standard InChI is InChI=1S/C12H12FN3O4S/c1-7(11-14-4-5-15-11)16-21(19,20)10-3-2-8(12(17)18)6-9(10)13/h2-7,16H,1H3,(H,14,15)(H,17,18). The van der Waals surface area contributed by atoms with Crippen LogP contribution in [0.3, 0.4) is 0 Å². The molecule has 0 aliphatic carbocycles.